The van der Waals surface area contributed by atoms with Gasteiger partial charge in [0.1, 0.15) is 6.04 Å². The Labute approximate surface area is 194 Å². The van der Waals surface area contributed by atoms with Gasteiger partial charge < -0.3 is 10.6 Å². The molecule has 2 atom stereocenters. The molecule has 0 saturated carbocycles. The summed E-state index contributed by atoms with van der Waals surface area (Å²) in [6, 6.07) is 14.3. The standard InChI is InChI=1S/C23H31N3O4S2/c1-4-17(2)22(27)25-19-10-8-9-18(15-19)16-24-23(28)21(13-14-31-3)26-32(29,30)20-11-6-5-7-12-20/h5-12,15,17,21,26H,4,13-14,16H2,1-3H3,(H,24,28)(H,25,27). The lowest BCUT2D eigenvalue weighted by Crippen LogP contribution is -2.46. The number of rotatable bonds is 12. The summed E-state index contributed by atoms with van der Waals surface area (Å²) in [6.45, 7) is 4.04. The van der Waals surface area contributed by atoms with Gasteiger partial charge in [-0.3, -0.25) is 9.59 Å². The van der Waals surface area contributed by atoms with E-state index in [4.69, 9.17) is 0 Å². The molecule has 2 aromatic rings. The van der Waals surface area contributed by atoms with Crippen LogP contribution >= 0.6 is 11.8 Å². The van der Waals surface area contributed by atoms with E-state index in [0.717, 1.165) is 12.0 Å². The van der Waals surface area contributed by atoms with E-state index in [1.165, 1.54) is 12.1 Å². The van der Waals surface area contributed by atoms with Crippen molar-refractivity contribution in [3.05, 3.63) is 60.2 Å². The number of amides is 2. The van der Waals surface area contributed by atoms with Crippen LogP contribution in [0, 0.1) is 5.92 Å². The van der Waals surface area contributed by atoms with Crippen molar-refractivity contribution in [1.82, 2.24) is 10.0 Å². The predicted molar refractivity (Wildman–Crippen MR) is 130 cm³/mol. The van der Waals surface area contributed by atoms with Gasteiger partial charge in [0.15, 0.2) is 0 Å². The lowest BCUT2D eigenvalue weighted by Gasteiger charge is -2.18. The Morgan fingerprint density at radius 1 is 1.03 bits per heavy atom. The van der Waals surface area contributed by atoms with Crippen LogP contribution in [0.5, 0.6) is 0 Å². The summed E-state index contributed by atoms with van der Waals surface area (Å²) in [4.78, 5) is 25.0. The van der Waals surface area contributed by atoms with Crippen molar-refractivity contribution in [3.63, 3.8) is 0 Å². The van der Waals surface area contributed by atoms with E-state index >= 15 is 0 Å². The fraction of sp³-hybridized carbons (Fsp3) is 0.391. The predicted octanol–water partition coefficient (Wildman–Crippen LogP) is 3.39. The highest BCUT2D eigenvalue weighted by Crippen LogP contribution is 2.14. The summed E-state index contributed by atoms with van der Waals surface area (Å²) in [5, 5.41) is 5.68. The number of nitrogens with one attached hydrogen (secondary N) is 3. The molecule has 174 valence electrons. The number of carbonyl (C=O) groups is 2. The molecule has 0 aromatic heterocycles. The molecule has 2 rings (SSSR count). The molecule has 9 heteroatoms. The second-order valence-corrected chi connectivity index (χ2v) is 10.2. The summed E-state index contributed by atoms with van der Waals surface area (Å²) in [5.41, 5.74) is 1.46. The van der Waals surface area contributed by atoms with Crippen LogP contribution < -0.4 is 15.4 Å². The molecule has 0 aliphatic rings. The van der Waals surface area contributed by atoms with Gasteiger partial charge in [0.05, 0.1) is 4.90 Å². The molecule has 0 saturated heterocycles. The number of hydrogen-bond donors (Lipinski definition) is 3. The molecule has 0 heterocycles. The highest BCUT2D eigenvalue weighted by atomic mass is 32.2. The van der Waals surface area contributed by atoms with Gasteiger partial charge in [0.25, 0.3) is 0 Å². The number of carbonyl (C=O) groups excluding carboxylic acids is 2. The molecule has 0 fully saturated rings. The monoisotopic (exact) mass is 477 g/mol. The van der Waals surface area contributed by atoms with E-state index in [1.807, 2.05) is 26.2 Å². The second-order valence-electron chi connectivity index (χ2n) is 7.49. The number of anilines is 1. The first kappa shape index (κ1) is 25.9. The molecule has 3 N–H and O–H groups in total. The second kappa shape index (κ2) is 12.6. The van der Waals surface area contributed by atoms with Crippen LogP contribution in [0.3, 0.4) is 0 Å². The van der Waals surface area contributed by atoms with E-state index in [-0.39, 0.29) is 23.3 Å². The van der Waals surface area contributed by atoms with Gasteiger partial charge in [-0.1, -0.05) is 44.2 Å². The van der Waals surface area contributed by atoms with Crippen LogP contribution in [0.2, 0.25) is 0 Å². The van der Waals surface area contributed by atoms with Crippen molar-refractivity contribution < 1.29 is 18.0 Å². The molecule has 0 aliphatic heterocycles. The maximum Gasteiger partial charge on any atom is 0.241 e. The first-order chi connectivity index (χ1) is 15.3. The average molecular weight is 478 g/mol. The number of hydrogen-bond acceptors (Lipinski definition) is 5. The van der Waals surface area contributed by atoms with Gasteiger partial charge in [-0.25, -0.2) is 8.42 Å². The molecule has 2 aromatic carbocycles. The fourth-order valence-electron chi connectivity index (χ4n) is 2.86. The van der Waals surface area contributed by atoms with Crippen LogP contribution in [0.1, 0.15) is 32.3 Å². The lowest BCUT2D eigenvalue weighted by molar-refractivity contribution is -0.123. The first-order valence-corrected chi connectivity index (χ1v) is 13.4. The molecule has 0 radical (unpaired) electrons. The largest absolute Gasteiger partial charge is 0.351 e. The Bertz CT molecular complexity index is 997. The molecule has 0 bridgehead atoms. The van der Waals surface area contributed by atoms with Gasteiger partial charge in [-0.15, -0.1) is 0 Å². The normalized spacial score (nSPS) is 13.2. The smallest absolute Gasteiger partial charge is 0.241 e. The van der Waals surface area contributed by atoms with Crippen LogP contribution in [-0.4, -0.2) is 38.3 Å². The maximum absolute atomic E-state index is 12.8. The number of sulfonamides is 1. The maximum atomic E-state index is 12.8. The van der Waals surface area contributed by atoms with Gasteiger partial charge in [-0.05, 0) is 54.7 Å². The van der Waals surface area contributed by atoms with Crippen molar-refractivity contribution in [3.8, 4) is 0 Å². The van der Waals surface area contributed by atoms with Gasteiger partial charge in [-0.2, -0.15) is 16.5 Å². The highest BCUT2D eigenvalue weighted by molar-refractivity contribution is 7.98. The summed E-state index contributed by atoms with van der Waals surface area (Å²) in [7, 11) is -3.82. The van der Waals surface area contributed by atoms with E-state index in [0.29, 0.717) is 17.9 Å². The van der Waals surface area contributed by atoms with Gasteiger partial charge in [0.2, 0.25) is 21.8 Å². The Morgan fingerprint density at radius 2 is 1.75 bits per heavy atom. The zero-order valence-corrected chi connectivity index (χ0v) is 20.3. The summed E-state index contributed by atoms with van der Waals surface area (Å²) >= 11 is 1.54. The van der Waals surface area contributed by atoms with Crippen molar-refractivity contribution in [2.24, 2.45) is 5.92 Å². The minimum Gasteiger partial charge on any atom is -0.351 e. The summed E-state index contributed by atoms with van der Waals surface area (Å²) < 4.78 is 27.9. The first-order valence-electron chi connectivity index (χ1n) is 10.5. The Morgan fingerprint density at radius 3 is 2.41 bits per heavy atom. The van der Waals surface area contributed by atoms with Crippen LogP contribution in [0.15, 0.2) is 59.5 Å². The van der Waals surface area contributed by atoms with Crippen LogP contribution in [-0.2, 0) is 26.2 Å². The van der Waals surface area contributed by atoms with E-state index in [2.05, 4.69) is 15.4 Å². The molecule has 0 aliphatic carbocycles. The third-order valence-corrected chi connectivity index (χ3v) is 7.13. The van der Waals surface area contributed by atoms with Crippen LogP contribution in [0.4, 0.5) is 5.69 Å². The SMILES string of the molecule is CCC(C)C(=O)Nc1cccc(CNC(=O)C(CCSC)NS(=O)(=O)c2ccccc2)c1. The average Bonchev–Trinajstić information content (AvgIpc) is 2.80. The fourth-order valence-corrected chi connectivity index (χ4v) is 4.58. The van der Waals surface area contributed by atoms with E-state index in [1.54, 1.807) is 48.2 Å². The Hall–Kier alpha value is -2.36. The molecule has 7 nitrogen and oxygen atoms in total. The third kappa shape index (κ3) is 7.96. The van der Waals surface area contributed by atoms with Crippen molar-refractivity contribution in [2.45, 2.75) is 44.2 Å². The molecule has 32 heavy (non-hydrogen) atoms. The zero-order chi connectivity index (χ0) is 23.6. The number of benzene rings is 2. The Kier molecular flexibility index (Phi) is 10.2. The van der Waals surface area contributed by atoms with Crippen molar-refractivity contribution in [1.29, 1.82) is 0 Å². The topological polar surface area (TPSA) is 104 Å². The van der Waals surface area contributed by atoms with Crippen LogP contribution in [0.25, 0.3) is 0 Å². The van der Waals surface area contributed by atoms with Crippen molar-refractivity contribution in [2.75, 3.05) is 17.3 Å². The molecule has 0 spiro atoms. The molecular weight excluding hydrogens is 446 g/mol. The van der Waals surface area contributed by atoms with E-state index in [9.17, 15) is 18.0 Å². The lowest BCUT2D eigenvalue weighted by atomic mass is 10.1. The molecule has 2 unspecified atom stereocenters. The molecule has 2 amide bonds. The van der Waals surface area contributed by atoms with Crippen molar-refractivity contribution >= 4 is 39.3 Å². The molecular formula is C23H31N3O4S2. The van der Waals surface area contributed by atoms with Gasteiger partial charge in [0, 0.05) is 18.2 Å². The minimum atomic E-state index is -3.82. The summed E-state index contributed by atoms with van der Waals surface area (Å²) in [5.74, 6) is 0.0916. The summed E-state index contributed by atoms with van der Waals surface area (Å²) in [6.07, 6.45) is 3.02. The zero-order valence-electron chi connectivity index (χ0n) is 18.6. The number of thioether (sulfide) groups is 1. The third-order valence-electron chi connectivity index (χ3n) is 5.00. The highest BCUT2D eigenvalue weighted by Gasteiger charge is 2.25. The van der Waals surface area contributed by atoms with E-state index < -0.39 is 22.0 Å². The van der Waals surface area contributed by atoms with Gasteiger partial charge >= 0.3 is 0 Å². The quantitative estimate of drug-likeness (QED) is 0.435. The Balaban J connectivity index is 2.04. The minimum absolute atomic E-state index is 0.0545.